The van der Waals surface area contributed by atoms with E-state index in [1.807, 2.05) is 0 Å². The van der Waals surface area contributed by atoms with E-state index in [1.54, 1.807) is 6.07 Å². The summed E-state index contributed by atoms with van der Waals surface area (Å²) in [6.07, 6.45) is 0. The van der Waals surface area contributed by atoms with Crippen LogP contribution < -0.4 is 0 Å². The van der Waals surface area contributed by atoms with Crippen molar-refractivity contribution in [2.45, 2.75) is 6.92 Å². The van der Waals surface area contributed by atoms with Crippen LogP contribution in [0.4, 0.5) is 0 Å². The first-order chi connectivity index (χ1) is 1.41. The molecule has 0 spiro atoms. The second-order valence-electron chi connectivity index (χ2n) is 0.224. The van der Waals surface area contributed by atoms with Crippen molar-refractivity contribution in [2.24, 2.45) is 0 Å². The average Bonchev–Trinajstić information content (AvgIpc) is 0.918. The van der Waals surface area contributed by atoms with Crippen molar-refractivity contribution in [3.8, 4) is 6.07 Å². The Labute approximate surface area is 38.4 Å². The summed E-state index contributed by atoms with van der Waals surface area (Å²) in [7, 11) is 0. The Kier molecular flexibility index (Phi) is 25.0. The first-order valence-corrected chi connectivity index (χ1v) is 0.724. The van der Waals surface area contributed by atoms with E-state index in [9.17, 15) is 0 Å². The van der Waals surface area contributed by atoms with Crippen LogP contribution in [0.5, 0.6) is 0 Å². The van der Waals surface area contributed by atoms with Gasteiger partial charge in [0.1, 0.15) is 0 Å². The zero-order chi connectivity index (χ0) is 2.71. The molecule has 0 aliphatic rings. The number of nitrogens with zero attached hydrogens (tertiary/aromatic N) is 1. The fourth-order valence-electron chi connectivity index (χ4n) is 0. The molecule has 0 unspecified atom stereocenters. The monoisotopic (exact) mass is 105 g/mol. The molecule has 0 bridgehead atoms. The van der Waals surface area contributed by atoms with Gasteiger partial charge in [-0.05, 0) is 0 Å². The van der Waals surface area contributed by atoms with Crippen molar-refractivity contribution in [3.05, 3.63) is 0 Å². The molecular weight excluding hydrogens is 103 g/mol. The summed E-state index contributed by atoms with van der Waals surface area (Å²) in [6, 6.07) is 1.75. The van der Waals surface area contributed by atoms with Crippen LogP contribution in [0, 0.1) is 11.3 Å². The molecule has 1 nitrogen and oxygen atoms in total. The van der Waals surface area contributed by atoms with Crippen LogP contribution in [0.3, 0.4) is 0 Å². The van der Waals surface area contributed by atoms with Gasteiger partial charge in [0.15, 0.2) is 0 Å². The van der Waals surface area contributed by atoms with Crippen molar-refractivity contribution in [3.63, 3.8) is 0 Å². The summed E-state index contributed by atoms with van der Waals surface area (Å²) < 4.78 is 0. The molecule has 0 radical (unpaired) electrons. The van der Waals surface area contributed by atoms with Crippen molar-refractivity contribution in [2.75, 3.05) is 0 Å². The summed E-state index contributed by atoms with van der Waals surface area (Å²) in [6.45, 7) is 1.43. The van der Waals surface area contributed by atoms with E-state index in [2.05, 4.69) is 0 Å². The SMILES string of the molecule is CC#N.[Zn]. The molecule has 0 aromatic carbocycles. The van der Waals surface area contributed by atoms with Gasteiger partial charge in [0.25, 0.3) is 0 Å². The zero-order valence-corrected chi connectivity index (χ0v) is 5.62. The fourth-order valence-corrected chi connectivity index (χ4v) is 0. The first kappa shape index (κ1) is 8.93. The van der Waals surface area contributed by atoms with Gasteiger partial charge in [0.05, 0.1) is 6.07 Å². The van der Waals surface area contributed by atoms with E-state index in [4.69, 9.17) is 5.26 Å². The van der Waals surface area contributed by atoms with E-state index < -0.39 is 0 Å². The van der Waals surface area contributed by atoms with Crippen LogP contribution in [-0.4, -0.2) is 0 Å². The van der Waals surface area contributed by atoms with Crippen LogP contribution in [0.1, 0.15) is 6.92 Å². The molecule has 0 fully saturated rings. The maximum absolute atomic E-state index is 7.32. The van der Waals surface area contributed by atoms with Gasteiger partial charge in [-0.1, -0.05) is 0 Å². The third-order valence-electron chi connectivity index (χ3n) is 0. The maximum Gasteiger partial charge on any atom is 0.0587 e. The topological polar surface area (TPSA) is 23.8 Å². The second-order valence-corrected chi connectivity index (χ2v) is 0.224. The van der Waals surface area contributed by atoms with Gasteiger partial charge >= 0.3 is 0 Å². The predicted molar refractivity (Wildman–Crippen MR) is 11.3 cm³/mol. The molecule has 0 atom stereocenters. The van der Waals surface area contributed by atoms with Gasteiger partial charge in [0, 0.05) is 26.4 Å². The second kappa shape index (κ2) is 11.2. The van der Waals surface area contributed by atoms with Gasteiger partial charge in [-0.3, -0.25) is 0 Å². The van der Waals surface area contributed by atoms with Crippen molar-refractivity contribution in [1.82, 2.24) is 0 Å². The van der Waals surface area contributed by atoms with Gasteiger partial charge in [-0.2, -0.15) is 5.26 Å². The molecule has 0 aliphatic heterocycles. The Morgan fingerprint density at radius 2 is 1.75 bits per heavy atom. The normalized spacial score (nSPS) is 2.00. The molecule has 0 amide bonds. The maximum atomic E-state index is 7.32. The van der Waals surface area contributed by atoms with E-state index in [1.165, 1.54) is 6.92 Å². The number of hydrogen-bond donors (Lipinski definition) is 0. The molecule has 0 saturated carbocycles. The third-order valence-corrected chi connectivity index (χ3v) is 0. The van der Waals surface area contributed by atoms with E-state index in [0.717, 1.165) is 0 Å². The van der Waals surface area contributed by atoms with Crippen LogP contribution in [0.15, 0.2) is 0 Å². The van der Waals surface area contributed by atoms with Crippen molar-refractivity contribution in [1.29, 1.82) is 5.26 Å². The molecule has 18 valence electrons. The Balaban J connectivity index is 0. The number of nitriles is 1. The van der Waals surface area contributed by atoms with Gasteiger partial charge in [-0.15, -0.1) is 0 Å². The molecular formula is C2H3NZn. The van der Waals surface area contributed by atoms with E-state index >= 15 is 0 Å². The molecule has 2 heteroatoms. The van der Waals surface area contributed by atoms with Crippen molar-refractivity contribution >= 4 is 0 Å². The predicted octanol–water partition coefficient (Wildman–Crippen LogP) is 0.527. The molecule has 4 heavy (non-hydrogen) atoms. The smallest absolute Gasteiger partial charge is 0.0587 e. The van der Waals surface area contributed by atoms with Gasteiger partial charge in [0.2, 0.25) is 0 Å². The minimum absolute atomic E-state index is 0. The Morgan fingerprint density at radius 1 is 1.75 bits per heavy atom. The fraction of sp³-hybridized carbons (Fsp3) is 0.500. The molecule has 0 aliphatic carbocycles. The minimum Gasteiger partial charge on any atom is -0.199 e. The Hall–Kier alpha value is 0.113. The molecule has 0 N–H and O–H groups in total. The minimum atomic E-state index is 0. The molecule has 0 saturated heterocycles. The summed E-state index contributed by atoms with van der Waals surface area (Å²) >= 11 is 0. The number of rotatable bonds is 0. The molecule has 0 aromatic heterocycles. The van der Waals surface area contributed by atoms with E-state index in [0.29, 0.717) is 0 Å². The summed E-state index contributed by atoms with van der Waals surface area (Å²) in [4.78, 5) is 0. The summed E-state index contributed by atoms with van der Waals surface area (Å²) in [5.74, 6) is 0. The number of hydrogen-bond acceptors (Lipinski definition) is 1. The largest absolute Gasteiger partial charge is 0.199 e. The van der Waals surface area contributed by atoms with Crippen LogP contribution in [-0.2, 0) is 19.5 Å². The molecule has 0 rings (SSSR count). The van der Waals surface area contributed by atoms with Gasteiger partial charge < -0.3 is 0 Å². The summed E-state index contributed by atoms with van der Waals surface area (Å²) in [5, 5.41) is 7.32. The van der Waals surface area contributed by atoms with Crippen LogP contribution in [0.25, 0.3) is 0 Å². The van der Waals surface area contributed by atoms with Crippen LogP contribution >= 0.6 is 0 Å². The summed E-state index contributed by atoms with van der Waals surface area (Å²) in [5.41, 5.74) is 0. The average molecular weight is 106 g/mol. The third kappa shape index (κ3) is 204. The Bertz CT molecular complexity index is 27.5. The van der Waals surface area contributed by atoms with Crippen LogP contribution in [0.2, 0.25) is 0 Å². The van der Waals surface area contributed by atoms with E-state index in [-0.39, 0.29) is 19.5 Å². The molecule has 0 aromatic rings. The quantitative estimate of drug-likeness (QED) is 0.413. The standard InChI is InChI=1S/C2H3N.Zn/c1-2-3;/h1H3;. The van der Waals surface area contributed by atoms with Gasteiger partial charge in [-0.25, -0.2) is 0 Å². The van der Waals surface area contributed by atoms with Crippen molar-refractivity contribution < 1.29 is 19.5 Å². The zero-order valence-electron chi connectivity index (χ0n) is 2.65. The Morgan fingerprint density at radius 3 is 1.75 bits per heavy atom. The molecule has 0 heterocycles. The first-order valence-electron chi connectivity index (χ1n) is 0.724.